The highest BCUT2D eigenvalue weighted by Gasteiger charge is 2.21. The third kappa shape index (κ3) is 5.31. The number of hydrogen-bond donors (Lipinski definition) is 0. The highest BCUT2D eigenvalue weighted by molar-refractivity contribution is 9.10. The van der Waals surface area contributed by atoms with Gasteiger partial charge in [0.15, 0.2) is 0 Å². The molecule has 0 radical (unpaired) electrons. The monoisotopic (exact) mass is 318 g/mol. The number of alkyl halides is 1. The zero-order chi connectivity index (χ0) is 12.7. The molecule has 1 unspecified atom stereocenters. The molecule has 0 aliphatic rings. The normalized spacial score (nSPS) is 14.4. The number of rotatable bonds is 7. The quantitative estimate of drug-likeness (QED) is 0.623. The van der Waals surface area contributed by atoms with E-state index in [0.717, 1.165) is 29.7 Å². The van der Waals surface area contributed by atoms with Gasteiger partial charge < -0.3 is 4.74 Å². The molecule has 0 aromatic heterocycles. The fourth-order valence-corrected chi connectivity index (χ4v) is 2.48. The molecule has 1 atom stereocenters. The summed E-state index contributed by atoms with van der Waals surface area (Å²) in [6.45, 7) is 5.15. The number of ether oxygens (including phenoxy) is 1. The maximum Gasteiger partial charge on any atom is 0.120 e. The molecule has 3 heteroatoms. The van der Waals surface area contributed by atoms with Crippen LogP contribution in [-0.4, -0.2) is 12.5 Å². The molecule has 0 fully saturated rings. The van der Waals surface area contributed by atoms with Crippen LogP contribution >= 0.6 is 27.5 Å². The van der Waals surface area contributed by atoms with Gasteiger partial charge >= 0.3 is 0 Å². The third-order valence-corrected chi connectivity index (χ3v) is 4.09. The lowest BCUT2D eigenvalue weighted by Gasteiger charge is -2.26. The lowest BCUT2D eigenvalue weighted by molar-refractivity contribution is 0.219. The Hall–Kier alpha value is -0.210. The molecule has 0 saturated carbocycles. The Bertz CT molecular complexity index is 343. The van der Waals surface area contributed by atoms with Crippen molar-refractivity contribution in [1.29, 1.82) is 0 Å². The van der Waals surface area contributed by atoms with E-state index in [4.69, 9.17) is 16.3 Å². The van der Waals surface area contributed by atoms with Crippen LogP contribution in [0.25, 0.3) is 0 Å². The molecule has 0 aliphatic carbocycles. The summed E-state index contributed by atoms with van der Waals surface area (Å²) in [5.74, 6) is 1.61. The van der Waals surface area contributed by atoms with Gasteiger partial charge in [-0.3, -0.25) is 0 Å². The van der Waals surface area contributed by atoms with Gasteiger partial charge in [-0.15, -0.1) is 11.6 Å². The fourth-order valence-electron chi connectivity index (χ4n) is 1.83. The van der Waals surface area contributed by atoms with Gasteiger partial charge in [0.2, 0.25) is 0 Å². The van der Waals surface area contributed by atoms with E-state index >= 15 is 0 Å². The Balaban J connectivity index is 2.41. The van der Waals surface area contributed by atoms with Crippen molar-refractivity contribution in [2.75, 3.05) is 12.5 Å². The molecule has 0 heterocycles. The first-order valence-corrected chi connectivity index (χ1v) is 7.37. The molecular weight excluding hydrogens is 300 g/mol. The molecule has 1 aromatic carbocycles. The molecule has 0 aliphatic heterocycles. The lowest BCUT2D eigenvalue weighted by Crippen LogP contribution is -2.21. The highest BCUT2D eigenvalue weighted by atomic mass is 79.9. The average Bonchev–Trinajstić information content (AvgIpc) is 2.29. The molecule has 1 rings (SSSR count). The Morgan fingerprint density at radius 2 is 2.12 bits per heavy atom. The minimum atomic E-state index is 0.197. The van der Waals surface area contributed by atoms with E-state index < -0.39 is 0 Å². The van der Waals surface area contributed by atoms with Gasteiger partial charge in [0.1, 0.15) is 5.75 Å². The fraction of sp³-hybridized carbons (Fsp3) is 0.571. The van der Waals surface area contributed by atoms with Gasteiger partial charge in [0, 0.05) is 10.4 Å². The van der Waals surface area contributed by atoms with E-state index in [9.17, 15) is 0 Å². The van der Waals surface area contributed by atoms with E-state index in [1.54, 1.807) is 0 Å². The molecule has 0 N–H and O–H groups in total. The number of benzene rings is 1. The molecule has 0 saturated heterocycles. The van der Waals surface area contributed by atoms with Crippen LogP contribution in [0.4, 0.5) is 0 Å². The molecule has 1 nitrogen and oxygen atoms in total. The molecule has 17 heavy (non-hydrogen) atoms. The van der Waals surface area contributed by atoms with Crippen LogP contribution in [0.3, 0.4) is 0 Å². The van der Waals surface area contributed by atoms with Crippen LogP contribution in [0.1, 0.15) is 33.1 Å². The Kier molecular flexibility index (Phi) is 6.35. The first-order valence-electron chi connectivity index (χ1n) is 6.04. The minimum Gasteiger partial charge on any atom is -0.494 e. The summed E-state index contributed by atoms with van der Waals surface area (Å²) in [5.41, 5.74) is 0.197. The van der Waals surface area contributed by atoms with Crippen molar-refractivity contribution >= 4 is 27.5 Å². The Morgan fingerprint density at radius 3 is 2.71 bits per heavy atom. The predicted octanol–water partition coefficient (Wildman–Crippen LogP) is 5.26. The molecule has 1 aromatic rings. The Labute approximate surface area is 118 Å². The van der Waals surface area contributed by atoms with E-state index in [1.807, 2.05) is 24.3 Å². The molecular formula is C14H20BrClO. The summed E-state index contributed by atoms with van der Waals surface area (Å²) in [7, 11) is 0. The van der Waals surface area contributed by atoms with E-state index in [2.05, 4.69) is 29.8 Å². The highest BCUT2D eigenvalue weighted by Crippen LogP contribution is 2.29. The smallest absolute Gasteiger partial charge is 0.120 e. The number of halogens is 2. The van der Waals surface area contributed by atoms with E-state index in [-0.39, 0.29) is 5.41 Å². The summed E-state index contributed by atoms with van der Waals surface area (Å²) in [4.78, 5) is 0. The van der Waals surface area contributed by atoms with Gasteiger partial charge in [-0.25, -0.2) is 0 Å². The van der Waals surface area contributed by atoms with E-state index in [1.165, 1.54) is 6.42 Å². The van der Waals surface area contributed by atoms with Gasteiger partial charge in [0.05, 0.1) is 6.61 Å². The van der Waals surface area contributed by atoms with Crippen molar-refractivity contribution in [3.8, 4) is 5.75 Å². The summed E-state index contributed by atoms with van der Waals surface area (Å²) >= 11 is 9.46. The van der Waals surface area contributed by atoms with Crippen LogP contribution in [-0.2, 0) is 0 Å². The van der Waals surface area contributed by atoms with Crippen LogP contribution < -0.4 is 4.74 Å². The van der Waals surface area contributed by atoms with Gasteiger partial charge in [0.25, 0.3) is 0 Å². The summed E-state index contributed by atoms with van der Waals surface area (Å²) in [6.07, 6.45) is 3.31. The SMILES string of the molecule is CCCC(C)(CCl)CCOc1cccc(Br)c1. The first kappa shape index (κ1) is 14.8. The van der Waals surface area contributed by atoms with Crippen molar-refractivity contribution in [1.82, 2.24) is 0 Å². The van der Waals surface area contributed by atoms with Crippen LogP contribution in [0.15, 0.2) is 28.7 Å². The predicted molar refractivity (Wildman–Crippen MR) is 78.0 cm³/mol. The zero-order valence-electron chi connectivity index (χ0n) is 10.5. The number of hydrogen-bond acceptors (Lipinski definition) is 1. The topological polar surface area (TPSA) is 9.23 Å². The van der Waals surface area contributed by atoms with Crippen molar-refractivity contribution in [2.45, 2.75) is 33.1 Å². The third-order valence-electron chi connectivity index (χ3n) is 2.95. The molecule has 0 bridgehead atoms. The van der Waals surface area contributed by atoms with Crippen LogP contribution in [0.5, 0.6) is 5.75 Å². The standard InChI is InChI=1S/C14H20BrClO/c1-3-7-14(2,11-16)8-9-17-13-6-4-5-12(15)10-13/h4-6,10H,3,7-9,11H2,1-2H3. The van der Waals surface area contributed by atoms with Gasteiger partial charge in [-0.05, 0) is 36.5 Å². The van der Waals surface area contributed by atoms with Crippen LogP contribution in [0.2, 0.25) is 0 Å². The van der Waals surface area contributed by atoms with E-state index in [0.29, 0.717) is 5.88 Å². The van der Waals surface area contributed by atoms with Crippen LogP contribution in [0, 0.1) is 5.41 Å². The second-order valence-corrected chi connectivity index (χ2v) is 5.93. The lowest BCUT2D eigenvalue weighted by atomic mass is 9.85. The largest absolute Gasteiger partial charge is 0.494 e. The second-order valence-electron chi connectivity index (χ2n) is 4.75. The Morgan fingerprint density at radius 1 is 1.35 bits per heavy atom. The second kappa shape index (κ2) is 7.27. The average molecular weight is 320 g/mol. The molecule has 0 amide bonds. The van der Waals surface area contributed by atoms with Crippen molar-refractivity contribution < 1.29 is 4.74 Å². The summed E-state index contributed by atoms with van der Waals surface area (Å²) in [5, 5.41) is 0. The first-order chi connectivity index (χ1) is 8.09. The van der Waals surface area contributed by atoms with Gasteiger partial charge in [-0.1, -0.05) is 42.3 Å². The summed E-state index contributed by atoms with van der Waals surface area (Å²) < 4.78 is 6.79. The maximum atomic E-state index is 6.03. The minimum absolute atomic E-state index is 0.197. The maximum absolute atomic E-state index is 6.03. The molecule has 96 valence electrons. The zero-order valence-corrected chi connectivity index (χ0v) is 12.9. The molecule has 0 spiro atoms. The van der Waals surface area contributed by atoms with Gasteiger partial charge in [-0.2, -0.15) is 0 Å². The van der Waals surface area contributed by atoms with Crippen molar-refractivity contribution in [3.63, 3.8) is 0 Å². The summed E-state index contributed by atoms with van der Waals surface area (Å²) in [6, 6.07) is 7.93. The van der Waals surface area contributed by atoms with Crippen molar-refractivity contribution in [3.05, 3.63) is 28.7 Å². The van der Waals surface area contributed by atoms with Crippen molar-refractivity contribution in [2.24, 2.45) is 5.41 Å².